The number of amides is 1. The van der Waals surface area contributed by atoms with Gasteiger partial charge in [-0.15, -0.1) is 0 Å². The summed E-state index contributed by atoms with van der Waals surface area (Å²) >= 11 is 0. The van der Waals surface area contributed by atoms with Crippen molar-refractivity contribution in [2.75, 3.05) is 19.8 Å². The fourth-order valence-corrected chi connectivity index (χ4v) is 3.69. The van der Waals surface area contributed by atoms with Gasteiger partial charge in [0.05, 0.1) is 24.9 Å². The molecule has 0 spiro atoms. The standard InChI is InChI=1S/C17H22N4O3/c22-17(16-11-24-12-18-16)20-7-14-5-6-19-21(14)15(8-20)10-23-9-13-3-1-2-4-13/h5-6,11-13,15H,1-4,7-10H2. The second-order valence-corrected chi connectivity index (χ2v) is 6.67. The minimum Gasteiger partial charge on any atom is -0.451 e. The molecule has 128 valence electrons. The third kappa shape index (κ3) is 3.08. The molecule has 1 aliphatic carbocycles. The van der Waals surface area contributed by atoms with Gasteiger partial charge in [0, 0.05) is 19.3 Å². The van der Waals surface area contributed by atoms with E-state index >= 15 is 0 Å². The summed E-state index contributed by atoms with van der Waals surface area (Å²) in [5.74, 6) is 0.579. The summed E-state index contributed by atoms with van der Waals surface area (Å²) in [6, 6.07) is 1.99. The molecule has 24 heavy (non-hydrogen) atoms. The van der Waals surface area contributed by atoms with Crippen LogP contribution in [0.1, 0.15) is 47.9 Å². The maximum Gasteiger partial charge on any atom is 0.276 e. The van der Waals surface area contributed by atoms with Crippen LogP contribution in [0, 0.1) is 5.92 Å². The number of fused-ring (bicyclic) bond motifs is 1. The molecule has 7 heteroatoms. The van der Waals surface area contributed by atoms with Crippen molar-refractivity contribution in [3.8, 4) is 0 Å². The molecule has 1 atom stereocenters. The Balaban J connectivity index is 1.42. The Morgan fingerprint density at radius 2 is 2.21 bits per heavy atom. The van der Waals surface area contributed by atoms with Crippen molar-refractivity contribution in [1.82, 2.24) is 19.7 Å². The van der Waals surface area contributed by atoms with Gasteiger partial charge in [0.25, 0.3) is 5.91 Å². The zero-order valence-corrected chi connectivity index (χ0v) is 13.6. The SMILES string of the molecule is O=C(c1cocn1)N1Cc2ccnn2C(COCC2CCCC2)C1. The van der Waals surface area contributed by atoms with Gasteiger partial charge >= 0.3 is 0 Å². The maximum absolute atomic E-state index is 12.6. The first kappa shape index (κ1) is 15.4. The molecule has 7 nitrogen and oxygen atoms in total. The van der Waals surface area contributed by atoms with Crippen LogP contribution in [0.5, 0.6) is 0 Å². The van der Waals surface area contributed by atoms with Crippen LogP contribution < -0.4 is 0 Å². The highest BCUT2D eigenvalue weighted by Gasteiger charge is 2.30. The van der Waals surface area contributed by atoms with Crippen molar-refractivity contribution in [2.45, 2.75) is 38.3 Å². The van der Waals surface area contributed by atoms with Gasteiger partial charge in [-0.05, 0) is 24.8 Å². The van der Waals surface area contributed by atoms with Crippen molar-refractivity contribution in [2.24, 2.45) is 5.92 Å². The number of carbonyl (C=O) groups excluding carboxylic acids is 1. The first-order valence-electron chi connectivity index (χ1n) is 8.59. The van der Waals surface area contributed by atoms with Crippen LogP contribution in [0.25, 0.3) is 0 Å². The quantitative estimate of drug-likeness (QED) is 0.841. The first-order chi connectivity index (χ1) is 11.8. The highest BCUT2D eigenvalue weighted by atomic mass is 16.5. The highest BCUT2D eigenvalue weighted by molar-refractivity contribution is 5.91. The second kappa shape index (κ2) is 6.76. The number of rotatable bonds is 5. The lowest BCUT2D eigenvalue weighted by molar-refractivity contribution is 0.0398. The number of ether oxygens (including phenoxy) is 1. The van der Waals surface area contributed by atoms with Crippen molar-refractivity contribution in [3.05, 3.63) is 36.3 Å². The van der Waals surface area contributed by atoms with E-state index in [4.69, 9.17) is 9.15 Å². The van der Waals surface area contributed by atoms with Gasteiger partial charge in [0.2, 0.25) is 0 Å². The van der Waals surface area contributed by atoms with Gasteiger partial charge in [-0.25, -0.2) is 4.98 Å². The largest absolute Gasteiger partial charge is 0.451 e. The summed E-state index contributed by atoms with van der Waals surface area (Å²) < 4.78 is 12.9. The monoisotopic (exact) mass is 330 g/mol. The van der Waals surface area contributed by atoms with E-state index in [0.29, 0.717) is 31.3 Å². The minimum atomic E-state index is -0.114. The van der Waals surface area contributed by atoms with Crippen molar-refractivity contribution in [3.63, 3.8) is 0 Å². The first-order valence-corrected chi connectivity index (χ1v) is 8.59. The van der Waals surface area contributed by atoms with Crippen LogP contribution in [0.4, 0.5) is 0 Å². The summed E-state index contributed by atoms with van der Waals surface area (Å²) in [7, 11) is 0. The Kier molecular flexibility index (Phi) is 4.34. The van der Waals surface area contributed by atoms with Gasteiger partial charge in [-0.1, -0.05) is 12.8 Å². The van der Waals surface area contributed by atoms with Gasteiger partial charge in [0.1, 0.15) is 6.26 Å². The van der Waals surface area contributed by atoms with E-state index < -0.39 is 0 Å². The van der Waals surface area contributed by atoms with Crippen LogP contribution in [0.2, 0.25) is 0 Å². The zero-order valence-electron chi connectivity index (χ0n) is 13.6. The van der Waals surface area contributed by atoms with Crippen molar-refractivity contribution < 1.29 is 13.9 Å². The lowest BCUT2D eigenvalue weighted by Gasteiger charge is -2.33. The van der Waals surface area contributed by atoms with E-state index in [-0.39, 0.29) is 11.9 Å². The molecule has 2 aromatic heterocycles. The van der Waals surface area contributed by atoms with Gasteiger partial charge in [-0.2, -0.15) is 5.10 Å². The third-order valence-corrected chi connectivity index (χ3v) is 4.96. The molecule has 1 unspecified atom stereocenters. The molecule has 0 N–H and O–H groups in total. The lowest BCUT2D eigenvalue weighted by Crippen LogP contribution is -2.43. The third-order valence-electron chi connectivity index (χ3n) is 4.96. The molecular weight excluding hydrogens is 308 g/mol. The van der Waals surface area contributed by atoms with Crippen LogP contribution in [0.3, 0.4) is 0 Å². The molecule has 0 saturated heterocycles. The summed E-state index contributed by atoms with van der Waals surface area (Å²) in [5, 5.41) is 4.41. The number of hydrogen-bond donors (Lipinski definition) is 0. The Bertz CT molecular complexity index is 676. The van der Waals surface area contributed by atoms with Gasteiger partial charge in [0.15, 0.2) is 12.1 Å². The van der Waals surface area contributed by atoms with Crippen LogP contribution >= 0.6 is 0 Å². The Morgan fingerprint density at radius 1 is 1.33 bits per heavy atom. The average Bonchev–Trinajstić information content (AvgIpc) is 3.34. The maximum atomic E-state index is 12.6. The molecule has 3 heterocycles. The van der Waals surface area contributed by atoms with Gasteiger partial charge < -0.3 is 14.1 Å². The smallest absolute Gasteiger partial charge is 0.276 e. The molecule has 0 bridgehead atoms. The molecule has 2 aliphatic rings. The molecule has 1 saturated carbocycles. The summed E-state index contributed by atoms with van der Waals surface area (Å²) in [4.78, 5) is 18.3. The van der Waals surface area contributed by atoms with E-state index in [2.05, 4.69) is 10.1 Å². The highest BCUT2D eigenvalue weighted by Crippen LogP contribution is 2.26. The van der Waals surface area contributed by atoms with E-state index in [1.54, 1.807) is 11.1 Å². The molecule has 1 amide bonds. The van der Waals surface area contributed by atoms with Crippen LogP contribution in [0.15, 0.2) is 29.3 Å². The summed E-state index contributed by atoms with van der Waals surface area (Å²) in [6.07, 6.45) is 9.64. The Morgan fingerprint density at radius 3 is 3.00 bits per heavy atom. The predicted octanol–water partition coefficient (Wildman–Crippen LogP) is 2.28. The number of oxazole rings is 1. The van der Waals surface area contributed by atoms with Crippen LogP contribution in [-0.2, 0) is 11.3 Å². The van der Waals surface area contributed by atoms with Crippen molar-refractivity contribution in [1.29, 1.82) is 0 Å². The minimum absolute atomic E-state index is 0.0426. The fraction of sp³-hybridized carbons (Fsp3) is 0.588. The molecule has 0 radical (unpaired) electrons. The Labute approximate surface area is 140 Å². The average molecular weight is 330 g/mol. The molecule has 0 aromatic carbocycles. The Hall–Kier alpha value is -2.15. The van der Waals surface area contributed by atoms with Crippen molar-refractivity contribution >= 4 is 5.91 Å². The fourth-order valence-electron chi connectivity index (χ4n) is 3.69. The predicted molar refractivity (Wildman–Crippen MR) is 85.3 cm³/mol. The van der Waals surface area contributed by atoms with E-state index in [1.807, 2.05) is 10.7 Å². The van der Waals surface area contributed by atoms with E-state index in [0.717, 1.165) is 12.3 Å². The van der Waals surface area contributed by atoms with E-state index in [1.165, 1.54) is 38.3 Å². The molecule has 4 rings (SSSR count). The zero-order chi connectivity index (χ0) is 16.4. The second-order valence-electron chi connectivity index (χ2n) is 6.67. The number of aromatic nitrogens is 3. The summed E-state index contributed by atoms with van der Waals surface area (Å²) in [6.45, 7) is 2.49. The number of carbonyl (C=O) groups is 1. The van der Waals surface area contributed by atoms with Crippen LogP contribution in [-0.4, -0.2) is 45.3 Å². The normalized spacial score (nSPS) is 21.2. The topological polar surface area (TPSA) is 73.4 Å². The molecule has 2 aromatic rings. The lowest BCUT2D eigenvalue weighted by atomic mass is 10.1. The van der Waals surface area contributed by atoms with E-state index in [9.17, 15) is 4.79 Å². The summed E-state index contributed by atoms with van der Waals surface area (Å²) in [5.41, 5.74) is 1.36. The number of hydrogen-bond acceptors (Lipinski definition) is 5. The molecule has 1 aliphatic heterocycles. The van der Waals surface area contributed by atoms with Gasteiger partial charge in [-0.3, -0.25) is 9.48 Å². The number of nitrogens with zero attached hydrogens (tertiary/aromatic N) is 4. The molecular formula is C17H22N4O3. The molecule has 1 fully saturated rings.